The third-order valence-corrected chi connectivity index (χ3v) is 8.98. The Balaban J connectivity index is 1.56. The number of benzene rings is 1. The Hall–Kier alpha value is -2.75. The Labute approximate surface area is 241 Å². The van der Waals surface area contributed by atoms with Crippen LogP contribution in [0.1, 0.15) is 86.6 Å². The van der Waals surface area contributed by atoms with Crippen LogP contribution in [-0.2, 0) is 9.59 Å². The van der Waals surface area contributed by atoms with Gasteiger partial charge in [0.1, 0.15) is 5.75 Å². The second-order valence-electron chi connectivity index (χ2n) is 12.3. The van der Waals surface area contributed by atoms with Gasteiger partial charge < -0.3 is 20.5 Å². The van der Waals surface area contributed by atoms with Crippen LogP contribution in [0.2, 0.25) is 0 Å². The van der Waals surface area contributed by atoms with Crippen molar-refractivity contribution in [2.45, 2.75) is 90.4 Å². The van der Waals surface area contributed by atoms with Crippen molar-refractivity contribution in [1.29, 1.82) is 0 Å². The zero-order chi connectivity index (χ0) is 29.0. The van der Waals surface area contributed by atoms with Gasteiger partial charge in [0.2, 0.25) is 5.91 Å². The first-order valence-corrected chi connectivity index (χ1v) is 15.2. The van der Waals surface area contributed by atoms with Gasteiger partial charge in [0, 0.05) is 41.6 Å². The molecule has 9 heteroatoms. The summed E-state index contributed by atoms with van der Waals surface area (Å²) in [5.74, 6) is 0.547. The smallest absolute Gasteiger partial charge is 0.308 e. The molecule has 5 atom stereocenters. The number of ether oxygens (including phenoxy) is 1. The van der Waals surface area contributed by atoms with Crippen molar-refractivity contribution in [3.8, 4) is 5.75 Å². The van der Waals surface area contributed by atoms with E-state index in [1.54, 1.807) is 25.1 Å². The fraction of sp³-hybridized carbons (Fsp3) is 0.581. The van der Waals surface area contributed by atoms with Crippen LogP contribution in [0.25, 0.3) is 0 Å². The molecule has 2 amide bonds. The zero-order valence-electron chi connectivity index (χ0n) is 24.2. The lowest BCUT2D eigenvalue weighted by atomic mass is 9.72. The minimum atomic E-state index is -0.940. The van der Waals surface area contributed by atoms with E-state index in [9.17, 15) is 19.5 Å². The van der Waals surface area contributed by atoms with Crippen LogP contribution in [0.5, 0.6) is 5.75 Å². The molecule has 0 bridgehead atoms. The molecule has 1 aliphatic heterocycles. The number of hydrogen-bond acceptors (Lipinski definition) is 7. The highest BCUT2D eigenvalue weighted by atomic mass is 32.1. The van der Waals surface area contributed by atoms with Crippen molar-refractivity contribution in [2.75, 3.05) is 13.1 Å². The molecule has 2 heterocycles. The molecular formula is C31H43N3O5S. The van der Waals surface area contributed by atoms with Gasteiger partial charge in [-0.2, -0.15) is 0 Å². The lowest BCUT2D eigenvalue weighted by Crippen LogP contribution is -2.59. The van der Waals surface area contributed by atoms with Gasteiger partial charge in [0.15, 0.2) is 0 Å². The lowest BCUT2D eigenvalue weighted by Gasteiger charge is -2.47. The van der Waals surface area contributed by atoms with E-state index >= 15 is 0 Å². The third-order valence-electron chi connectivity index (χ3n) is 8.03. The molecule has 1 aliphatic carbocycles. The summed E-state index contributed by atoms with van der Waals surface area (Å²) in [6, 6.07) is 7.80. The number of amides is 2. The molecule has 40 heavy (non-hydrogen) atoms. The number of β-amino-alcohol motifs (C(OH)–C–C–N with tert-alkyl or cyclic N) is 1. The fourth-order valence-corrected chi connectivity index (χ4v) is 6.98. The number of hydrogen-bond donors (Lipinski definition) is 3. The van der Waals surface area contributed by atoms with Crippen molar-refractivity contribution < 1.29 is 24.2 Å². The average Bonchev–Trinajstić information content (AvgIpc) is 3.41. The van der Waals surface area contributed by atoms with Gasteiger partial charge in [-0.05, 0) is 76.0 Å². The molecular weight excluding hydrogens is 526 g/mol. The summed E-state index contributed by atoms with van der Waals surface area (Å²) in [5, 5.41) is 19.8. The molecule has 8 nitrogen and oxygen atoms in total. The number of likely N-dealkylation sites (tertiary alicyclic amines) is 1. The van der Waals surface area contributed by atoms with Crippen molar-refractivity contribution in [2.24, 2.45) is 11.8 Å². The molecule has 1 aromatic heterocycles. The van der Waals surface area contributed by atoms with Crippen molar-refractivity contribution in [1.82, 2.24) is 15.5 Å². The maximum Gasteiger partial charge on any atom is 0.308 e. The number of esters is 1. The zero-order valence-corrected chi connectivity index (χ0v) is 25.1. The summed E-state index contributed by atoms with van der Waals surface area (Å²) >= 11 is 1.47. The van der Waals surface area contributed by atoms with Gasteiger partial charge in [0.05, 0.1) is 18.2 Å². The molecule has 2 aromatic rings. The van der Waals surface area contributed by atoms with Crippen LogP contribution in [-0.4, -0.2) is 58.6 Å². The molecule has 2 fully saturated rings. The van der Waals surface area contributed by atoms with E-state index in [0.29, 0.717) is 28.7 Å². The molecule has 0 radical (unpaired) electrons. The predicted molar refractivity (Wildman–Crippen MR) is 156 cm³/mol. The van der Waals surface area contributed by atoms with E-state index in [0.717, 1.165) is 30.7 Å². The van der Waals surface area contributed by atoms with Crippen molar-refractivity contribution in [3.05, 3.63) is 51.7 Å². The molecule has 0 unspecified atom stereocenters. The summed E-state index contributed by atoms with van der Waals surface area (Å²) in [7, 11) is 0. The molecule has 3 N–H and O–H groups in total. The van der Waals surface area contributed by atoms with Gasteiger partial charge in [-0.1, -0.05) is 31.4 Å². The number of fused-ring (bicyclic) bond motifs is 1. The minimum Gasteiger partial charge on any atom is -0.426 e. The SMILES string of the molecule is CC(=O)Oc1cccc(C(=O)N[C@@H](c2cccs2)[C@H](O)CN2C[C@H]3CCCC[C@H]3C[C@H]2C(=O)NC(C)(C)C)c1C. The number of carbonyl (C=O) groups is 3. The normalized spacial score (nSPS) is 23.0. The first-order chi connectivity index (χ1) is 18.9. The number of rotatable bonds is 8. The van der Waals surface area contributed by atoms with Gasteiger partial charge in [-0.25, -0.2) is 0 Å². The summed E-state index contributed by atoms with van der Waals surface area (Å²) in [6.07, 6.45) is 4.56. The van der Waals surface area contributed by atoms with Gasteiger partial charge in [-0.3, -0.25) is 19.3 Å². The standard InChI is InChI=1S/C31H43N3O5S/c1-19-23(12-8-13-26(19)39-20(2)35)29(37)32-28(27-14-9-15-40-27)25(36)18-34-17-22-11-7-6-10-21(22)16-24(34)30(38)33-31(3,4)5/h8-9,12-15,21-22,24-25,28,36H,6-7,10-11,16-18H2,1-5H3,(H,32,37)(H,33,38)/t21-,22+,24-,25+,28+/m0/s1. The Bertz CT molecular complexity index is 1190. The van der Waals surface area contributed by atoms with Crippen LogP contribution in [0.4, 0.5) is 0 Å². The third kappa shape index (κ3) is 7.50. The number of aliphatic hydroxyl groups excluding tert-OH is 1. The van der Waals surface area contributed by atoms with E-state index in [2.05, 4.69) is 15.5 Å². The molecule has 4 rings (SSSR count). The van der Waals surface area contributed by atoms with E-state index < -0.39 is 18.1 Å². The summed E-state index contributed by atoms with van der Waals surface area (Å²) in [6.45, 7) is 10.0. The van der Waals surface area contributed by atoms with Crippen molar-refractivity contribution in [3.63, 3.8) is 0 Å². The topological polar surface area (TPSA) is 108 Å². The number of thiophene rings is 1. The molecule has 0 spiro atoms. The number of carbonyl (C=O) groups excluding carboxylic acids is 3. The number of nitrogens with one attached hydrogen (secondary N) is 2. The van der Waals surface area contributed by atoms with Gasteiger partial charge in [0.25, 0.3) is 5.91 Å². The molecule has 2 aliphatic rings. The highest BCUT2D eigenvalue weighted by molar-refractivity contribution is 7.10. The molecule has 1 saturated heterocycles. The highest BCUT2D eigenvalue weighted by Crippen LogP contribution is 2.39. The van der Waals surface area contributed by atoms with E-state index in [1.807, 2.05) is 38.3 Å². The quantitative estimate of drug-likeness (QED) is 0.317. The van der Waals surface area contributed by atoms with Crippen LogP contribution < -0.4 is 15.4 Å². The Morgan fingerprint density at radius 3 is 2.50 bits per heavy atom. The summed E-state index contributed by atoms with van der Waals surface area (Å²) < 4.78 is 5.26. The Kier molecular flexibility index (Phi) is 9.69. The lowest BCUT2D eigenvalue weighted by molar-refractivity contribution is -0.133. The van der Waals surface area contributed by atoms with Crippen LogP contribution in [0.3, 0.4) is 0 Å². The number of aliphatic hydroxyl groups is 1. The number of piperidine rings is 1. The molecule has 1 aromatic carbocycles. The molecule has 1 saturated carbocycles. The first kappa shape index (κ1) is 30.2. The monoisotopic (exact) mass is 569 g/mol. The van der Waals surface area contributed by atoms with Gasteiger partial charge >= 0.3 is 5.97 Å². The van der Waals surface area contributed by atoms with Crippen LogP contribution in [0, 0.1) is 18.8 Å². The summed E-state index contributed by atoms with van der Waals surface area (Å²) in [4.78, 5) is 41.4. The van der Waals surface area contributed by atoms with Crippen molar-refractivity contribution >= 4 is 29.1 Å². The second-order valence-corrected chi connectivity index (χ2v) is 13.3. The summed E-state index contributed by atoms with van der Waals surface area (Å²) in [5.41, 5.74) is 0.572. The van der Waals surface area contributed by atoms with Crippen LogP contribution >= 0.6 is 11.3 Å². The maximum atomic E-state index is 13.5. The fourth-order valence-electron chi connectivity index (χ4n) is 6.14. The average molecular weight is 570 g/mol. The predicted octanol–water partition coefficient (Wildman–Crippen LogP) is 4.61. The Morgan fingerprint density at radius 1 is 1.12 bits per heavy atom. The van der Waals surface area contributed by atoms with E-state index in [1.165, 1.54) is 31.1 Å². The maximum absolute atomic E-state index is 13.5. The highest BCUT2D eigenvalue weighted by Gasteiger charge is 2.42. The first-order valence-electron chi connectivity index (χ1n) is 14.3. The molecule has 218 valence electrons. The largest absolute Gasteiger partial charge is 0.426 e. The number of nitrogens with zero attached hydrogens (tertiary/aromatic N) is 1. The van der Waals surface area contributed by atoms with Gasteiger partial charge in [-0.15, -0.1) is 11.3 Å². The Morgan fingerprint density at radius 2 is 1.85 bits per heavy atom. The second kappa shape index (κ2) is 12.8. The minimum absolute atomic E-state index is 0.00153. The van der Waals surface area contributed by atoms with E-state index in [4.69, 9.17) is 4.74 Å². The van der Waals surface area contributed by atoms with Crippen LogP contribution in [0.15, 0.2) is 35.7 Å². The van der Waals surface area contributed by atoms with E-state index in [-0.39, 0.29) is 29.9 Å².